The summed E-state index contributed by atoms with van der Waals surface area (Å²) in [6.07, 6.45) is 3.54. The summed E-state index contributed by atoms with van der Waals surface area (Å²) in [6.45, 7) is 3.79. The summed E-state index contributed by atoms with van der Waals surface area (Å²) in [5.41, 5.74) is 4.53. The Morgan fingerprint density at radius 3 is 2.33 bits per heavy atom. The molecule has 2 aliphatic rings. The zero-order valence-electron chi connectivity index (χ0n) is 18.4. The molecule has 33 heavy (non-hydrogen) atoms. The highest BCUT2D eigenvalue weighted by Crippen LogP contribution is 2.34. The van der Waals surface area contributed by atoms with Gasteiger partial charge in [0.15, 0.2) is 5.11 Å². The Kier molecular flexibility index (Phi) is 6.24. The van der Waals surface area contributed by atoms with Gasteiger partial charge in [0.05, 0.1) is 11.9 Å². The Morgan fingerprint density at radius 2 is 1.70 bits per heavy atom. The lowest BCUT2D eigenvalue weighted by Crippen LogP contribution is -2.45. The molecule has 7 heteroatoms. The largest absolute Gasteiger partial charge is 0.381 e. The van der Waals surface area contributed by atoms with E-state index in [4.69, 9.17) is 17.0 Å². The van der Waals surface area contributed by atoms with Crippen molar-refractivity contribution in [2.75, 3.05) is 30.0 Å². The van der Waals surface area contributed by atoms with Crippen LogP contribution in [0.1, 0.15) is 29.5 Å². The number of halogens is 1. The molecule has 0 aliphatic carbocycles. The predicted molar refractivity (Wildman–Crippen MR) is 133 cm³/mol. The average Bonchev–Trinajstić information content (AvgIpc) is 3.29. The van der Waals surface area contributed by atoms with Gasteiger partial charge in [-0.2, -0.15) is 0 Å². The normalized spacial score (nSPS) is 16.8. The van der Waals surface area contributed by atoms with Crippen molar-refractivity contribution in [1.82, 2.24) is 10.3 Å². The summed E-state index contributed by atoms with van der Waals surface area (Å²) in [7, 11) is 0. The lowest BCUT2D eigenvalue weighted by molar-refractivity contribution is 0.0515. The molecule has 2 aromatic carbocycles. The van der Waals surface area contributed by atoms with Crippen LogP contribution in [0.4, 0.5) is 15.9 Å². The molecule has 0 saturated carbocycles. The Balaban J connectivity index is 1.19. The maximum absolute atomic E-state index is 13.5. The highest BCUT2D eigenvalue weighted by atomic mass is 32.1. The first-order chi connectivity index (χ1) is 16.1. The number of aromatic nitrogens is 1. The van der Waals surface area contributed by atoms with Gasteiger partial charge >= 0.3 is 0 Å². The average molecular weight is 463 g/mol. The van der Waals surface area contributed by atoms with E-state index in [1.807, 2.05) is 30.5 Å². The van der Waals surface area contributed by atoms with Gasteiger partial charge in [-0.1, -0.05) is 36.4 Å². The monoisotopic (exact) mass is 462 g/mol. The molecule has 170 valence electrons. The molecule has 2 aliphatic heterocycles. The van der Waals surface area contributed by atoms with Gasteiger partial charge in [-0.15, -0.1) is 0 Å². The van der Waals surface area contributed by atoms with Gasteiger partial charge in [0, 0.05) is 38.3 Å². The number of hydrogen-bond donors (Lipinski definition) is 2. The van der Waals surface area contributed by atoms with Crippen molar-refractivity contribution in [2.45, 2.75) is 31.3 Å². The summed E-state index contributed by atoms with van der Waals surface area (Å²) < 4.78 is 19.0. The first-order valence-corrected chi connectivity index (χ1v) is 11.7. The predicted octanol–water partition coefficient (Wildman–Crippen LogP) is 4.78. The van der Waals surface area contributed by atoms with E-state index in [9.17, 15) is 4.39 Å². The number of rotatable bonds is 5. The van der Waals surface area contributed by atoms with E-state index in [0.717, 1.165) is 43.0 Å². The van der Waals surface area contributed by atoms with Gasteiger partial charge in [-0.3, -0.25) is 0 Å². The van der Waals surface area contributed by atoms with Crippen LogP contribution in [0, 0.1) is 5.82 Å². The quantitative estimate of drug-likeness (QED) is 0.533. The SMILES string of the molecule is Fc1ccc(C2(CNC(=S)Nc3ccc(N4Cc5ccccc5C4)nc3)CCOCC2)cc1. The number of benzene rings is 2. The van der Waals surface area contributed by atoms with E-state index in [1.54, 1.807) is 0 Å². The third kappa shape index (κ3) is 4.84. The minimum Gasteiger partial charge on any atom is -0.381 e. The number of nitrogens with one attached hydrogen (secondary N) is 2. The number of ether oxygens (including phenoxy) is 1. The molecular weight excluding hydrogens is 435 g/mol. The fourth-order valence-corrected chi connectivity index (χ4v) is 4.89. The number of nitrogens with zero attached hydrogens (tertiary/aromatic N) is 2. The molecule has 5 nitrogen and oxygen atoms in total. The van der Waals surface area contributed by atoms with Crippen molar-refractivity contribution >= 4 is 28.8 Å². The van der Waals surface area contributed by atoms with Crippen molar-refractivity contribution < 1.29 is 9.13 Å². The molecule has 1 fully saturated rings. The fourth-order valence-electron chi connectivity index (χ4n) is 4.70. The van der Waals surface area contributed by atoms with Gasteiger partial charge in [0.25, 0.3) is 0 Å². The molecule has 0 bridgehead atoms. The van der Waals surface area contributed by atoms with Crippen LogP contribution in [0.25, 0.3) is 0 Å². The minimum absolute atomic E-state index is 0.134. The third-order valence-corrected chi connectivity index (χ3v) is 6.91. The van der Waals surface area contributed by atoms with Crippen molar-refractivity contribution in [3.8, 4) is 0 Å². The lowest BCUT2D eigenvalue weighted by atomic mass is 9.74. The topological polar surface area (TPSA) is 49.4 Å². The van der Waals surface area contributed by atoms with E-state index < -0.39 is 0 Å². The second-order valence-corrected chi connectivity index (χ2v) is 9.15. The van der Waals surface area contributed by atoms with Crippen LogP contribution in [0.15, 0.2) is 66.9 Å². The number of pyridine rings is 1. The Morgan fingerprint density at radius 1 is 1.00 bits per heavy atom. The molecule has 1 aromatic heterocycles. The molecule has 0 amide bonds. The second-order valence-electron chi connectivity index (χ2n) is 8.74. The summed E-state index contributed by atoms with van der Waals surface area (Å²) in [5.74, 6) is 0.730. The molecule has 3 aromatic rings. The Hall–Kier alpha value is -3.03. The van der Waals surface area contributed by atoms with Crippen LogP contribution in [0.3, 0.4) is 0 Å². The van der Waals surface area contributed by atoms with Crippen molar-refractivity contribution in [3.63, 3.8) is 0 Å². The van der Waals surface area contributed by atoms with Crippen molar-refractivity contribution in [1.29, 1.82) is 0 Å². The molecule has 2 N–H and O–H groups in total. The maximum Gasteiger partial charge on any atom is 0.170 e. The van der Waals surface area contributed by atoms with E-state index in [1.165, 1.54) is 23.3 Å². The van der Waals surface area contributed by atoms with E-state index in [0.29, 0.717) is 24.9 Å². The highest BCUT2D eigenvalue weighted by molar-refractivity contribution is 7.80. The number of anilines is 2. The van der Waals surface area contributed by atoms with Crippen LogP contribution in [-0.2, 0) is 23.2 Å². The van der Waals surface area contributed by atoms with Gasteiger partial charge < -0.3 is 20.3 Å². The van der Waals surface area contributed by atoms with E-state index in [2.05, 4.69) is 44.8 Å². The summed E-state index contributed by atoms with van der Waals surface area (Å²) >= 11 is 5.56. The number of hydrogen-bond acceptors (Lipinski definition) is 4. The van der Waals surface area contributed by atoms with Gasteiger partial charge in [-0.25, -0.2) is 9.37 Å². The third-order valence-electron chi connectivity index (χ3n) is 6.66. The van der Waals surface area contributed by atoms with Crippen molar-refractivity contribution in [3.05, 3.63) is 89.4 Å². The van der Waals surface area contributed by atoms with Gasteiger partial charge in [0.2, 0.25) is 0 Å². The zero-order chi connectivity index (χ0) is 22.7. The van der Waals surface area contributed by atoms with Crippen molar-refractivity contribution in [2.24, 2.45) is 0 Å². The van der Waals surface area contributed by atoms with Crippen LogP contribution in [-0.4, -0.2) is 29.9 Å². The summed E-state index contributed by atoms with van der Waals surface area (Å²) in [6, 6.07) is 19.3. The standard InChI is InChI=1S/C26H27FN4OS/c27-22-7-5-21(6-8-22)26(11-13-32-14-12-26)18-29-25(33)30-23-9-10-24(28-15-23)31-16-19-3-1-2-4-20(19)17-31/h1-10,15H,11-14,16-18H2,(H2,29,30,33). The van der Waals surface area contributed by atoms with Gasteiger partial charge in [0.1, 0.15) is 11.6 Å². The second kappa shape index (κ2) is 9.45. The Labute approximate surface area is 199 Å². The molecular formula is C26H27FN4OS. The van der Waals surface area contributed by atoms with E-state index in [-0.39, 0.29) is 11.2 Å². The molecule has 0 radical (unpaired) electrons. The smallest absolute Gasteiger partial charge is 0.170 e. The number of thiocarbonyl (C=S) groups is 1. The Bertz CT molecular complexity index is 1090. The highest BCUT2D eigenvalue weighted by Gasteiger charge is 2.34. The van der Waals surface area contributed by atoms with Gasteiger partial charge in [-0.05, 0) is 66.0 Å². The van der Waals surface area contributed by atoms with Crippen LogP contribution >= 0.6 is 12.2 Å². The zero-order valence-corrected chi connectivity index (χ0v) is 19.2. The molecule has 5 rings (SSSR count). The van der Waals surface area contributed by atoms with Crippen LogP contribution in [0.5, 0.6) is 0 Å². The fraction of sp³-hybridized carbons (Fsp3) is 0.308. The van der Waals surface area contributed by atoms with Crippen LogP contribution < -0.4 is 15.5 Å². The maximum atomic E-state index is 13.5. The minimum atomic E-state index is -0.222. The first kappa shape index (κ1) is 21.8. The molecule has 0 unspecified atom stereocenters. The summed E-state index contributed by atoms with van der Waals surface area (Å²) in [5, 5.41) is 7.16. The summed E-state index contributed by atoms with van der Waals surface area (Å²) in [4.78, 5) is 6.91. The molecule has 0 spiro atoms. The van der Waals surface area contributed by atoms with E-state index >= 15 is 0 Å². The molecule has 1 saturated heterocycles. The molecule has 0 atom stereocenters. The number of fused-ring (bicyclic) bond motifs is 1. The lowest BCUT2D eigenvalue weighted by Gasteiger charge is -2.38. The van der Waals surface area contributed by atoms with Crippen LogP contribution in [0.2, 0.25) is 0 Å². The first-order valence-electron chi connectivity index (χ1n) is 11.3. The molecule has 3 heterocycles.